The highest BCUT2D eigenvalue weighted by Gasteiger charge is 2.24. The first-order valence-corrected chi connectivity index (χ1v) is 16.1. The van der Waals surface area contributed by atoms with E-state index in [9.17, 15) is 23.9 Å². The van der Waals surface area contributed by atoms with Gasteiger partial charge in [-0.15, -0.1) is 0 Å². The van der Waals surface area contributed by atoms with Crippen molar-refractivity contribution >= 4 is 25.2 Å². The fourth-order valence-electron chi connectivity index (χ4n) is 4.24. The van der Waals surface area contributed by atoms with Gasteiger partial charge in [-0.3, -0.25) is 0 Å². The topological polar surface area (TPSA) is 113 Å². The van der Waals surface area contributed by atoms with Crippen molar-refractivity contribution in [3.05, 3.63) is 83.2 Å². The molecule has 2 heterocycles. The van der Waals surface area contributed by atoms with Crippen molar-refractivity contribution in [1.29, 1.82) is 5.26 Å². The zero-order chi connectivity index (χ0) is 28.2. The van der Waals surface area contributed by atoms with Crippen molar-refractivity contribution in [2.75, 3.05) is 6.61 Å². The van der Waals surface area contributed by atoms with Crippen LogP contribution in [0, 0.1) is 23.0 Å². The molecule has 1 atom stereocenters. The van der Waals surface area contributed by atoms with Crippen LogP contribution in [0.4, 0.5) is 13.6 Å². The number of nitriles is 1. The van der Waals surface area contributed by atoms with Gasteiger partial charge in [0.2, 0.25) is 0 Å². The van der Waals surface area contributed by atoms with Crippen LogP contribution in [0.25, 0.3) is 22.2 Å². The molecule has 2 aromatic carbocycles. The van der Waals surface area contributed by atoms with Crippen LogP contribution in [-0.2, 0) is 17.9 Å². The average Bonchev–Trinajstić information content (AvgIpc) is 3.26. The van der Waals surface area contributed by atoms with Gasteiger partial charge >= 0.3 is 6.09 Å². The number of benzene rings is 2. The monoisotopic (exact) mass is 549 g/mol. The van der Waals surface area contributed by atoms with Crippen molar-refractivity contribution in [3.8, 4) is 17.2 Å². The third kappa shape index (κ3) is 7.25. The van der Waals surface area contributed by atoms with E-state index in [1.165, 1.54) is 0 Å². The number of ether oxygens (including phenoxy) is 1. The van der Waals surface area contributed by atoms with E-state index in [2.05, 4.69) is 36.1 Å². The molecule has 39 heavy (non-hydrogen) atoms. The number of pyridine rings is 1. The highest BCUT2D eigenvalue weighted by molar-refractivity contribution is 6.76. The van der Waals surface area contributed by atoms with Crippen LogP contribution in [0.1, 0.15) is 22.9 Å². The summed E-state index contributed by atoms with van der Waals surface area (Å²) in [5.74, 6) is -1.53. The van der Waals surface area contributed by atoms with Gasteiger partial charge in [0, 0.05) is 26.3 Å². The first-order chi connectivity index (χ1) is 18.5. The van der Waals surface area contributed by atoms with Crippen LogP contribution in [0.5, 0.6) is 0 Å². The molecule has 2 N–H and O–H groups in total. The number of fused-ring (bicyclic) bond motifs is 1. The van der Waals surface area contributed by atoms with Crippen molar-refractivity contribution in [2.24, 2.45) is 0 Å². The van der Waals surface area contributed by atoms with E-state index in [0.717, 1.165) is 24.2 Å². The third-order valence-electron chi connectivity index (χ3n) is 6.16. The molecule has 2 aromatic heterocycles. The summed E-state index contributed by atoms with van der Waals surface area (Å²) in [5, 5.41) is 25.9. The van der Waals surface area contributed by atoms with Gasteiger partial charge in [-0.2, -0.15) is 10.4 Å². The van der Waals surface area contributed by atoms with Crippen molar-refractivity contribution < 1.29 is 23.4 Å². The van der Waals surface area contributed by atoms with Crippen LogP contribution >= 0.6 is 0 Å². The molecule has 0 fully saturated rings. The second-order valence-corrected chi connectivity index (χ2v) is 16.1. The van der Waals surface area contributed by atoms with Crippen LogP contribution in [0.15, 0.2) is 54.7 Å². The molecule has 202 valence electrons. The fourth-order valence-corrected chi connectivity index (χ4v) is 4.99. The average molecular weight is 550 g/mol. The number of nitrogens with zero attached hydrogens (tertiary/aromatic N) is 4. The normalized spacial score (nSPS) is 12.3. The third-order valence-corrected chi connectivity index (χ3v) is 7.86. The number of hydrogen-bond acceptors (Lipinski definition) is 5. The second-order valence-electron chi connectivity index (χ2n) is 10.5. The summed E-state index contributed by atoms with van der Waals surface area (Å²) in [6, 6.07) is 13.9. The number of hydrogen-bond donors (Lipinski definition) is 2. The van der Waals surface area contributed by atoms with E-state index in [0.29, 0.717) is 40.0 Å². The highest BCUT2D eigenvalue weighted by atomic mass is 28.3. The lowest BCUT2D eigenvalue weighted by Crippen LogP contribution is -2.29. The Bertz CT molecular complexity index is 1520. The van der Waals surface area contributed by atoms with E-state index >= 15 is 0 Å². The number of amides is 1. The minimum absolute atomic E-state index is 0.0572. The standard InChI is InChI=1S/C28H29F2N5O3Si/c1-39(2,3)8-7-38-17-35-26-14-23(20-6-4-5-18(9-20)15-31)27(33-25(26)16-32-35)24(34-28(36)37)12-19-10-21(29)13-22(30)11-19/h4-6,9-11,13-14,16,24,34H,7-8,12,17H2,1-3H3,(H,36,37)/t24-/m0/s1. The molecule has 11 heteroatoms. The summed E-state index contributed by atoms with van der Waals surface area (Å²) >= 11 is 0. The van der Waals surface area contributed by atoms with E-state index in [1.807, 2.05) is 6.07 Å². The van der Waals surface area contributed by atoms with Gasteiger partial charge in [-0.1, -0.05) is 31.8 Å². The summed E-state index contributed by atoms with van der Waals surface area (Å²) < 4.78 is 35.4. The molecule has 0 aliphatic heterocycles. The first-order valence-electron chi connectivity index (χ1n) is 12.4. The van der Waals surface area contributed by atoms with Gasteiger partial charge in [0.05, 0.1) is 35.1 Å². The molecule has 0 saturated heterocycles. The van der Waals surface area contributed by atoms with Crippen molar-refractivity contribution in [3.63, 3.8) is 0 Å². The van der Waals surface area contributed by atoms with Crippen molar-refractivity contribution in [1.82, 2.24) is 20.1 Å². The van der Waals surface area contributed by atoms with Crippen molar-refractivity contribution in [2.45, 2.75) is 44.9 Å². The molecule has 0 spiro atoms. The highest BCUT2D eigenvalue weighted by Crippen LogP contribution is 2.33. The Hall–Kier alpha value is -4.14. The van der Waals surface area contributed by atoms with E-state index in [-0.39, 0.29) is 18.7 Å². The largest absolute Gasteiger partial charge is 0.465 e. The number of carboxylic acid groups (broad SMARTS) is 1. The molecule has 4 rings (SSSR count). The molecule has 0 unspecified atom stereocenters. The molecule has 0 aliphatic rings. The number of halogens is 2. The summed E-state index contributed by atoms with van der Waals surface area (Å²) in [6.45, 7) is 7.63. The minimum atomic E-state index is -1.32. The molecule has 0 radical (unpaired) electrons. The number of carbonyl (C=O) groups is 1. The van der Waals surface area contributed by atoms with Gasteiger partial charge in [0.25, 0.3) is 0 Å². The summed E-state index contributed by atoms with van der Waals surface area (Å²) in [5.41, 5.74) is 3.36. The van der Waals surface area contributed by atoms with Gasteiger partial charge in [-0.05, 0) is 53.9 Å². The molecular weight excluding hydrogens is 520 g/mol. The molecule has 0 saturated carbocycles. The zero-order valence-corrected chi connectivity index (χ0v) is 22.9. The Morgan fingerprint density at radius 3 is 2.59 bits per heavy atom. The molecule has 4 aromatic rings. The smallest absolute Gasteiger partial charge is 0.405 e. The number of nitrogens with one attached hydrogen (secondary N) is 1. The Morgan fingerprint density at radius 1 is 1.18 bits per heavy atom. The quantitative estimate of drug-likeness (QED) is 0.182. The lowest BCUT2D eigenvalue weighted by molar-refractivity contribution is 0.0817. The zero-order valence-electron chi connectivity index (χ0n) is 21.9. The van der Waals surface area contributed by atoms with Crippen LogP contribution in [0.3, 0.4) is 0 Å². The fraction of sp³-hybridized carbons (Fsp3) is 0.286. The Morgan fingerprint density at radius 2 is 1.92 bits per heavy atom. The number of aromatic nitrogens is 3. The summed E-state index contributed by atoms with van der Waals surface area (Å²) in [4.78, 5) is 16.5. The Labute approximate surface area is 225 Å². The lowest BCUT2D eigenvalue weighted by atomic mass is 9.94. The van der Waals surface area contributed by atoms with Crippen LogP contribution < -0.4 is 5.32 Å². The van der Waals surface area contributed by atoms with E-state index in [4.69, 9.17) is 9.72 Å². The van der Waals surface area contributed by atoms with Gasteiger partial charge in [0.1, 0.15) is 23.9 Å². The minimum Gasteiger partial charge on any atom is -0.465 e. The van der Waals surface area contributed by atoms with Gasteiger partial charge < -0.3 is 15.2 Å². The maximum atomic E-state index is 13.9. The maximum absolute atomic E-state index is 13.9. The summed E-state index contributed by atoms with van der Waals surface area (Å²) in [6.07, 6.45) is 0.191. The first kappa shape index (κ1) is 27.9. The Kier molecular flexibility index (Phi) is 8.37. The SMILES string of the molecule is C[Si](C)(C)CCOCn1ncc2nc([C@H](Cc3cc(F)cc(F)c3)NC(=O)O)c(-c3cccc(C#N)c3)cc21. The van der Waals surface area contributed by atoms with Crippen LogP contribution in [0.2, 0.25) is 25.7 Å². The van der Waals surface area contributed by atoms with E-state index < -0.39 is 31.8 Å². The van der Waals surface area contributed by atoms with Gasteiger partial charge in [-0.25, -0.2) is 23.2 Å². The van der Waals surface area contributed by atoms with E-state index in [1.54, 1.807) is 35.1 Å². The molecule has 0 aliphatic carbocycles. The molecule has 1 amide bonds. The number of rotatable bonds is 10. The molecule has 8 nitrogen and oxygen atoms in total. The summed E-state index contributed by atoms with van der Waals surface area (Å²) in [7, 11) is -1.26. The maximum Gasteiger partial charge on any atom is 0.405 e. The molecule has 0 bridgehead atoms. The second kappa shape index (κ2) is 11.7. The van der Waals surface area contributed by atoms with Crippen LogP contribution in [-0.4, -0.2) is 40.6 Å². The predicted octanol–water partition coefficient (Wildman–Crippen LogP) is 6.11. The Balaban J connectivity index is 1.80. The van der Waals surface area contributed by atoms with Gasteiger partial charge in [0.15, 0.2) is 0 Å². The predicted molar refractivity (Wildman–Crippen MR) is 146 cm³/mol. The molecular formula is C28H29F2N5O3Si. The lowest BCUT2D eigenvalue weighted by Gasteiger charge is -2.21.